The standard InChI is InChI=1S/C21H34N2O3/c1-4-25-21-7-5-18(6-8-21)11-23-13-19(20(14-23)15-24)12-22-9-16(2)26-17(3)10-22/h5-8,16-17,19-20,24H,4,9-15H2,1-3H3/t16-,17+,19-,20-/m1/s1. The Balaban J connectivity index is 1.54. The van der Waals surface area contributed by atoms with Crippen LogP contribution in [0.2, 0.25) is 0 Å². The van der Waals surface area contributed by atoms with E-state index in [2.05, 4.69) is 35.8 Å². The molecule has 2 heterocycles. The van der Waals surface area contributed by atoms with Gasteiger partial charge in [0, 0.05) is 45.9 Å². The van der Waals surface area contributed by atoms with Crippen LogP contribution in [0.3, 0.4) is 0 Å². The van der Waals surface area contributed by atoms with Crippen LogP contribution in [0.5, 0.6) is 5.75 Å². The fourth-order valence-corrected chi connectivity index (χ4v) is 4.46. The monoisotopic (exact) mass is 362 g/mol. The zero-order chi connectivity index (χ0) is 18.5. The number of aliphatic hydroxyl groups is 1. The summed E-state index contributed by atoms with van der Waals surface area (Å²) < 4.78 is 11.4. The van der Waals surface area contributed by atoms with Crippen LogP contribution in [0.4, 0.5) is 0 Å². The van der Waals surface area contributed by atoms with Crippen molar-refractivity contribution in [3.8, 4) is 5.75 Å². The minimum absolute atomic E-state index is 0.278. The minimum atomic E-state index is 0.278. The van der Waals surface area contributed by atoms with E-state index in [0.717, 1.165) is 45.0 Å². The third-order valence-corrected chi connectivity index (χ3v) is 5.52. The zero-order valence-electron chi connectivity index (χ0n) is 16.4. The minimum Gasteiger partial charge on any atom is -0.494 e. The van der Waals surface area contributed by atoms with E-state index < -0.39 is 0 Å². The number of aliphatic hydroxyl groups excluding tert-OH is 1. The second-order valence-electron chi connectivity index (χ2n) is 7.95. The third kappa shape index (κ3) is 5.19. The molecule has 2 fully saturated rings. The quantitative estimate of drug-likeness (QED) is 0.806. The Morgan fingerprint density at radius 2 is 1.65 bits per heavy atom. The fraction of sp³-hybridized carbons (Fsp3) is 0.714. The molecule has 0 aliphatic carbocycles. The van der Waals surface area contributed by atoms with E-state index in [0.29, 0.717) is 30.7 Å². The Morgan fingerprint density at radius 3 is 2.27 bits per heavy atom. The van der Waals surface area contributed by atoms with E-state index in [1.165, 1.54) is 5.56 Å². The molecule has 0 aromatic heterocycles. The third-order valence-electron chi connectivity index (χ3n) is 5.52. The molecule has 0 amide bonds. The molecule has 0 bridgehead atoms. The van der Waals surface area contributed by atoms with Crippen LogP contribution in [0.1, 0.15) is 26.3 Å². The Kier molecular flexibility index (Phi) is 6.92. The van der Waals surface area contributed by atoms with Crippen molar-refractivity contribution < 1.29 is 14.6 Å². The predicted octanol–water partition coefficient (Wildman–Crippen LogP) is 2.23. The van der Waals surface area contributed by atoms with Crippen LogP contribution in [0.25, 0.3) is 0 Å². The maximum absolute atomic E-state index is 9.86. The molecule has 3 rings (SSSR count). The van der Waals surface area contributed by atoms with Crippen LogP contribution in [0.15, 0.2) is 24.3 Å². The molecule has 26 heavy (non-hydrogen) atoms. The number of hydrogen-bond acceptors (Lipinski definition) is 5. The highest BCUT2D eigenvalue weighted by molar-refractivity contribution is 5.27. The van der Waals surface area contributed by atoms with Crippen molar-refractivity contribution in [1.82, 2.24) is 9.80 Å². The van der Waals surface area contributed by atoms with Crippen molar-refractivity contribution in [3.63, 3.8) is 0 Å². The van der Waals surface area contributed by atoms with Gasteiger partial charge >= 0.3 is 0 Å². The van der Waals surface area contributed by atoms with Crippen LogP contribution >= 0.6 is 0 Å². The van der Waals surface area contributed by atoms with E-state index in [1.54, 1.807) is 0 Å². The molecule has 146 valence electrons. The molecule has 0 radical (unpaired) electrons. The second-order valence-corrected chi connectivity index (χ2v) is 7.95. The topological polar surface area (TPSA) is 45.2 Å². The molecular formula is C21H34N2O3. The smallest absolute Gasteiger partial charge is 0.119 e. The number of morpholine rings is 1. The summed E-state index contributed by atoms with van der Waals surface area (Å²) in [6.07, 6.45) is 0.598. The summed E-state index contributed by atoms with van der Waals surface area (Å²) in [6, 6.07) is 8.40. The lowest BCUT2D eigenvalue weighted by molar-refractivity contribution is -0.0727. The second kappa shape index (κ2) is 9.18. The Hall–Kier alpha value is -1.14. The molecule has 0 unspecified atom stereocenters. The summed E-state index contributed by atoms with van der Waals surface area (Å²) in [4.78, 5) is 5.00. The molecule has 5 nitrogen and oxygen atoms in total. The number of hydrogen-bond donors (Lipinski definition) is 1. The van der Waals surface area contributed by atoms with Crippen molar-refractivity contribution in [3.05, 3.63) is 29.8 Å². The van der Waals surface area contributed by atoms with E-state index >= 15 is 0 Å². The van der Waals surface area contributed by atoms with Gasteiger partial charge in [-0.25, -0.2) is 0 Å². The van der Waals surface area contributed by atoms with Gasteiger partial charge in [0.25, 0.3) is 0 Å². The first-order valence-electron chi connectivity index (χ1n) is 10.00. The highest BCUT2D eigenvalue weighted by atomic mass is 16.5. The fourth-order valence-electron chi connectivity index (χ4n) is 4.46. The molecule has 2 aliphatic rings. The molecule has 2 saturated heterocycles. The molecule has 5 heteroatoms. The van der Waals surface area contributed by atoms with Gasteiger partial charge in [-0.15, -0.1) is 0 Å². The van der Waals surface area contributed by atoms with E-state index in [1.807, 2.05) is 19.1 Å². The first kappa shape index (κ1) is 19.6. The van der Waals surface area contributed by atoms with Gasteiger partial charge in [0.1, 0.15) is 5.75 Å². The molecule has 1 N–H and O–H groups in total. The summed E-state index contributed by atoms with van der Waals surface area (Å²) in [5, 5.41) is 9.86. The van der Waals surface area contributed by atoms with Gasteiger partial charge in [0.2, 0.25) is 0 Å². The average molecular weight is 363 g/mol. The van der Waals surface area contributed by atoms with E-state index in [4.69, 9.17) is 9.47 Å². The zero-order valence-corrected chi connectivity index (χ0v) is 16.4. The summed E-state index contributed by atoms with van der Waals surface area (Å²) >= 11 is 0. The Labute approximate surface area is 157 Å². The van der Waals surface area contributed by atoms with Gasteiger partial charge in [-0.2, -0.15) is 0 Å². The summed E-state index contributed by atoms with van der Waals surface area (Å²) in [5.41, 5.74) is 1.31. The highest BCUT2D eigenvalue weighted by Crippen LogP contribution is 2.27. The first-order chi connectivity index (χ1) is 12.6. The average Bonchev–Trinajstić information content (AvgIpc) is 2.97. The van der Waals surface area contributed by atoms with E-state index in [-0.39, 0.29) is 6.61 Å². The van der Waals surface area contributed by atoms with Gasteiger partial charge in [0.05, 0.1) is 18.8 Å². The molecule has 4 atom stereocenters. The molecule has 1 aromatic carbocycles. The Morgan fingerprint density at radius 1 is 1.00 bits per heavy atom. The number of ether oxygens (including phenoxy) is 2. The van der Waals surface area contributed by atoms with Crippen molar-refractivity contribution in [2.75, 3.05) is 45.9 Å². The predicted molar refractivity (Wildman–Crippen MR) is 103 cm³/mol. The Bertz CT molecular complexity index is 541. The normalized spacial score (nSPS) is 30.6. The number of likely N-dealkylation sites (tertiary alicyclic amines) is 1. The lowest BCUT2D eigenvalue weighted by Crippen LogP contribution is -2.48. The van der Waals surface area contributed by atoms with Gasteiger partial charge in [0.15, 0.2) is 0 Å². The first-order valence-corrected chi connectivity index (χ1v) is 10.00. The van der Waals surface area contributed by atoms with Crippen molar-refractivity contribution >= 4 is 0 Å². The largest absolute Gasteiger partial charge is 0.494 e. The van der Waals surface area contributed by atoms with Gasteiger partial charge in [-0.05, 0) is 50.3 Å². The number of nitrogens with zero attached hydrogens (tertiary/aromatic N) is 2. The van der Waals surface area contributed by atoms with Crippen molar-refractivity contribution in [2.45, 2.75) is 39.5 Å². The van der Waals surface area contributed by atoms with Crippen LogP contribution < -0.4 is 4.74 Å². The SMILES string of the molecule is CCOc1ccc(CN2C[C@H](CO)[C@H](CN3C[C@@H](C)O[C@@H](C)C3)C2)cc1. The molecular weight excluding hydrogens is 328 g/mol. The van der Waals surface area contributed by atoms with Crippen LogP contribution in [-0.4, -0.2) is 73.1 Å². The highest BCUT2D eigenvalue weighted by Gasteiger charge is 2.34. The van der Waals surface area contributed by atoms with Gasteiger partial charge in [-0.1, -0.05) is 12.1 Å². The van der Waals surface area contributed by atoms with Crippen molar-refractivity contribution in [1.29, 1.82) is 0 Å². The molecule has 0 saturated carbocycles. The molecule has 1 aromatic rings. The molecule has 2 aliphatic heterocycles. The number of rotatable bonds is 7. The van der Waals surface area contributed by atoms with E-state index in [9.17, 15) is 5.11 Å². The van der Waals surface area contributed by atoms with Crippen molar-refractivity contribution in [2.24, 2.45) is 11.8 Å². The lowest BCUT2D eigenvalue weighted by Gasteiger charge is -2.37. The maximum Gasteiger partial charge on any atom is 0.119 e. The number of benzene rings is 1. The van der Waals surface area contributed by atoms with Crippen LogP contribution in [0, 0.1) is 11.8 Å². The van der Waals surface area contributed by atoms with Crippen LogP contribution in [-0.2, 0) is 11.3 Å². The summed E-state index contributed by atoms with van der Waals surface area (Å²) in [6.45, 7) is 13.3. The molecule has 0 spiro atoms. The van der Waals surface area contributed by atoms with Gasteiger partial charge < -0.3 is 14.6 Å². The summed E-state index contributed by atoms with van der Waals surface area (Å²) in [5.74, 6) is 1.82. The lowest BCUT2D eigenvalue weighted by atomic mass is 9.96. The maximum atomic E-state index is 9.86. The van der Waals surface area contributed by atoms with Gasteiger partial charge in [-0.3, -0.25) is 9.80 Å². The summed E-state index contributed by atoms with van der Waals surface area (Å²) in [7, 11) is 0.